The second-order valence-corrected chi connectivity index (χ2v) is 10.3. The van der Waals surface area contributed by atoms with E-state index >= 15 is 0 Å². The fourth-order valence-corrected chi connectivity index (χ4v) is 5.14. The monoisotopic (exact) mass is 487 g/mol. The molecule has 1 heterocycles. The molecule has 35 heavy (non-hydrogen) atoms. The van der Waals surface area contributed by atoms with Crippen LogP contribution in [0.5, 0.6) is 0 Å². The number of nitrogens with one attached hydrogen (secondary N) is 1. The molecule has 0 aromatic heterocycles. The zero-order valence-electron chi connectivity index (χ0n) is 20.2. The van der Waals surface area contributed by atoms with Gasteiger partial charge >= 0.3 is 6.03 Å². The smallest absolute Gasteiger partial charge is 0.321 e. The van der Waals surface area contributed by atoms with E-state index in [4.69, 9.17) is 11.6 Å². The molecule has 1 N–H and O–H groups in total. The maximum absolute atomic E-state index is 13.6. The molecule has 0 atom stereocenters. The zero-order valence-corrected chi connectivity index (χ0v) is 21.0. The van der Waals surface area contributed by atoms with E-state index in [2.05, 4.69) is 45.4 Å². The Kier molecular flexibility index (Phi) is 7.70. The first-order valence-corrected chi connectivity index (χ1v) is 13.2. The number of hydrogen-bond donors (Lipinski definition) is 1. The van der Waals surface area contributed by atoms with Crippen molar-refractivity contribution < 1.29 is 4.79 Å². The summed E-state index contributed by atoms with van der Waals surface area (Å²) in [6.45, 7) is 3.99. The van der Waals surface area contributed by atoms with Gasteiger partial charge in [-0.05, 0) is 67.3 Å². The number of hydrogen-bond acceptors (Lipinski definition) is 2. The first-order valence-electron chi connectivity index (χ1n) is 12.8. The minimum Gasteiger partial charge on any atom is -0.321 e. The van der Waals surface area contributed by atoms with Crippen LogP contribution in [0.3, 0.4) is 0 Å². The molecular weight excluding hydrogens is 454 g/mol. The molecule has 0 spiro atoms. The second-order valence-electron chi connectivity index (χ2n) is 9.89. The summed E-state index contributed by atoms with van der Waals surface area (Å²) in [4.78, 5) is 18.2. The first-order chi connectivity index (χ1) is 17.2. The summed E-state index contributed by atoms with van der Waals surface area (Å²) in [5, 5.41) is 4.05. The lowest BCUT2D eigenvalue weighted by Gasteiger charge is -2.38. The zero-order chi connectivity index (χ0) is 24.0. The third-order valence-electron chi connectivity index (χ3n) is 7.29. The maximum atomic E-state index is 13.6. The van der Waals surface area contributed by atoms with Crippen LogP contribution in [-0.4, -0.2) is 48.1 Å². The summed E-state index contributed by atoms with van der Waals surface area (Å²) < 4.78 is 0. The van der Waals surface area contributed by atoms with E-state index in [1.807, 2.05) is 48.5 Å². The fraction of sp³-hybridized carbons (Fsp3) is 0.367. The normalized spacial score (nSPS) is 16.7. The molecule has 2 fully saturated rings. The van der Waals surface area contributed by atoms with Crippen molar-refractivity contribution in [2.75, 3.05) is 31.5 Å². The van der Waals surface area contributed by atoms with Gasteiger partial charge in [0.2, 0.25) is 0 Å². The number of amides is 2. The molecule has 5 rings (SSSR count). The highest BCUT2D eigenvalue weighted by atomic mass is 35.5. The fourth-order valence-electron chi connectivity index (χ4n) is 5.02. The lowest BCUT2D eigenvalue weighted by molar-refractivity contribution is 0.125. The molecule has 1 aliphatic carbocycles. The molecule has 1 aliphatic heterocycles. The molecule has 0 unspecified atom stereocenters. The molecule has 1 saturated heterocycles. The van der Waals surface area contributed by atoms with Gasteiger partial charge in [0.15, 0.2) is 0 Å². The van der Waals surface area contributed by atoms with Crippen molar-refractivity contribution >= 4 is 23.3 Å². The van der Waals surface area contributed by atoms with Crippen LogP contribution in [0.25, 0.3) is 11.1 Å². The second kappa shape index (κ2) is 11.3. The van der Waals surface area contributed by atoms with Crippen LogP contribution >= 0.6 is 11.6 Å². The number of carbonyl (C=O) groups excluding carboxylic acids is 1. The Morgan fingerprint density at radius 1 is 0.886 bits per heavy atom. The maximum Gasteiger partial charge on any atom is 0.322 e. The van der Waals surface area contributed by atoms with Crippen molar-refractivity contribution in [2.45, 2.75) is 38.1 Å². The highest BCUT2D eigenvalue weighted by molar-refractivity contribution is 6.30. The summed E-state index contributed by atoms with van der Waals surface area (Å²) in [5.41, 5.74) is 4.38. The predicted octanol–water partition coefficient (Wildman–Crippen LogP) is 6.96. The Morgan fingerprint density at radius 2 is 1.57 bits per heavy atom. The van der Waals surface area contributed by atoms with Gasteiger partial charge in [-0.1, -0.05) is 72.3 Å². The largest absolute Gasteiger partial charge is 0.322 e. The van der Waals surface area contributed by atoms with Gasteiger partial charge in [0.05, 0.1) is 5.69 Å². The lowest BCUT2D eigenvalue weighted by Crippen LogP contribution is -2.49. The van der Waals surface area contributed by atoms with Crippen molar-refractivity contribution in [1.29, 1.82) is 0 Å². The van der Waals surface area contributed by atoms with E-state index in [-0.39, 0.29) is 6.03 Å². The van der Waals surface area contributed by atoms with E-state index in [0.717, 1.165) is 67.3 Å². The molecule has 1 saturated carbocycles. The van der Waals surface area contributed by atoms with Gasteiger partial charge in [0, 0.05) is 42.8 Å². The third-order valence-corrected chi connectivity index (χ3v) is 7.55. The Hall–Kier alpha value is -2.82. The molecule has 3 aromatic carbocycles. The van der Waals surface area contributed by atoms with Crippen molar-refractivity contribution in [3.63, 3.8) is 0 Å². The molecule has 0 radical (unpaired) electrons. The van der Waals surface area contributed by atoms with E-state index in [0.29, 0.717) is 12.0 Å². The van der Waals surface area contributed by atoms with Gasteiger partial charge in [-0.2, -0.15) is 0 Å². The van der Waals surface area contributed by atoms with Crippen LogP contribution in [0.4, 0.5) is 10.5 Å². The molecule has 2 amide bonds. The number of piperidine rings is 1. The Morgan fingerprint density at radius 3 is 2.29 bits per heavy atom. The van der Waals surface area contributed by atoms with Crippen LogP contribution in [0.1, 0.15) is 31.2 Å². The van der Waals surface area contributed by atoms with Gasteiger partial charge in [-0.15, -0.1) is 0 Å². The van der Waals surface area contributed by atoms with Crippen LogP contribution in [0, 0.1) is 5.92 Å². The molecule has 0 bridgehead atoms. The Balaban J connectivity index is 1.21. The number of para-hydroxylation sites is 1. The highest BCUT2D eigenvalue weighted by Crippen LogP contribution is 2.33. The number of benzene rings is 3. The molecule has 2 aliphatic rings. The average molecular weight is 488 g/mol. The van der Waals surface area contributed by atoms with Gasteiger partial charge < -0.3 is 15.1 Å². The van der Waals surface area contributed by atoms with E-state index in [9.17, 15) is 4.79 Å². The molecular formula is C30H34ClN3O. The minimum atomic E-state index is 0.0416. The summed E-state index contributed by atoms with van der Waals surface area (Å²) in [6, 6.07) is 26.9. The molecule has 3 aromatic rings. The number of rotatable bonds is 8. The Labute approximate surface area is 213 Å². The molecule has 5 heteroatoms. The third kappa shape index (κ3) is 6.45. The van der Waals surface area contributed by atoms with Crippen molar-refractivity contribution in [3.8, 4) is 11.1 Å². The van der Waals surface area contributed by atoms with Crippen LogP contribution in [0.15, 0.2) is 78.9 Å². The predicted molar refractivity (Wildman–Crippen MR) is 145 cm³/mol. The summed E-state index contributed by atoms with van der Waals surface area (Å²) in [5.74, 6) is 0.660. The Bertz CT molecular complexity index is 1110. The number of halogens is 1. The SMILES string of the molecule is O=C(Nc1ccccc1-c1ccccc1)N(CC1CC1)C1CCN(CCc2ccc(Cl)cc2)CC1. The van der Waals surface area contributed by atoms with Gasteiger partial charge in [0.1, 0.15) is 0 Å². The number of nitrogens with zero attached hydrogens (tertiary/aromatic N) is 2. The van der Waals surface area contributed by atoms with Gasteiger partial charge in [-0.3, -0.25) is 0 Å². The van der Waals surface area contributed by atoms with E-state index in [1.165, 1.54) is 18.4 Å². The van der Waals surface area contributed by atoms with Crippen molar-refractivity contribution in [3.05, 3.63) is 89.4 Å². The van der Waals surface area contributed by atoms with Crippen molar-refractivity contribution in [2.24, 2.45) is 5.92 Å². The topological polar surface area (TPSA) is 35.6 Å². The molecule has 182 valence electrons. The summed E-state index contributed by atoms with van der Waals surface area (Å²) in [6.07, 6.45) is 5.57. The number of carbonyl (C=O) groups is 1. The van der Waals surface area contributed by atoms with Crippen LogP contribution in [-0.2, 0) is 6.42 Å². The highest BCUT2D eigenvalue weighted by Gasteiger charge is 2.33. The number of urea groups is 1. The lowest BCUT2D eigenvalue weighted by atomic mass is 10.0. The van der Waals surface area contributed by atoms with E-state index < -0.39 is 0 Å². The quantitative estimate of drug-likeness (QED) is 0.373. The number of anilines is 1. The molecule has 4 nitrogen and oxygen atoms in total. The standard InChI is InChI=1S/C30H34ClN3O/c31-26-14-12-23(13-15-26)16-19-33-20-17-27(18-21-33)34(22-24-10-11-24)30(35)32-29-9-5-4-8-28(29)25-6-2-1-3-7-25/h1-9,12-15,24,27H,10-11,16-22H2,(H,32,35). The summed E-state index contributed by atoms with van der Waals surface area (Å²) in [7, 11) is 0. The van der Waals surface area contributed by atoms with Crippen LogP contribution in [0.2, 0.25) is 5.02 Å². The van der Waals surface area contributed by atoms with Gasteiger partial charge in [0.25, 0.3) is 0 Å². The average Bonchev–Trinajstić information content (AvgIpc) is 3.72. The van der Waals surface area contributed by atoms with E-state index in [1.54, 1.807) is 0 Å². The van der Waals surface area contributed by atoms with Crippen molar-refractivity contribution in [1.82, 2.24) is 9.80 Å². The van der Waals surface area contributed by atoms with Gasteiger partial charge in [-0.25, -0.2) is 4.79 Å². The summed E-state index contributed by atoms with van der Waals surface area (Å²) >= 11 is 6.02. The number of likely N-dealkylation sites (tertiary alicyclic amines) is 1. The first kappa shape index (κ1) is 23.9. The van der Waals surface area contributed by atoms with Crippen LogP contribution < -0.4 is 5.32 Å². The minimum absolute atomic E-state index is 0.0416.